The largest absolute Gasteiger partial charge is 0.497 e. The second kappa shape index (κ2) is 9.47. The zero-order valence-corrected chi connectivity index (χ0v) is 18.2. The molecule has 0 saturated heterocycles. The fourth-order valence-corrected chi connectivity index (χ4v) is 3.58. The number of para-hydroxylation sites is 1. The molecular formula is C24H28N6O. The molecule has 0 bridgehead atoms. The Kier molecular flexibility index (Phi) is 6.31. The van der Waals surface area contributed by atoms with E-state index in [1.807, 2.05) is 65.5 Å². The number of nitrogens with one attached hydrogen (secondary N) is 1. The molecule has 2 heterocycles. The third-order valence-corrected chi connectivity index (χ3v) is 5.02. The number of hydrogen-bond acceptors (Lipinski definition) is 6. The maximum Gasteiger partial charge on any atom is 0.229 e. The predicted molar refractivity (Wildman–Crippen MR) is 126 cm³/mol. The van der Waals surface area contributed by atoms with E-state index in [4.69, 9.17) is 14.7 Å². The second-order valence-electron chi connectivity index (χ2n) is 7.35. The van der Waals surface area contributed by atoms with Gasteiger partial charge in [0, 0.05) is 24.8 Å². The first-order chi connectivity index (χ1) is 15.2. The monoisotopic (exact) mass is 416 g/mol. The smallest absolute Gasteiger partial charge is 0.229 e. The van der Waals surface area contributed by atoms with E-state index in [2.05, 4.69) is 29.2 Å². The van der Waals surface area contributed by atoms with Crippen LogP contribution in [0.2, 0.25) is 0 Å². The van der Waals surface area contributed by atoms with E-state index in [1.165, 1.54) is 0 Å². The van der Waals surface area contributed by atoms with Gasteiger partial charge in [-0.2, -0.15) is 15.1 Å². The van der Waals surface area contributed by atoms with Crippen LogP contribution in [0.3, 0.4) is 0 Å². The second-order valence-corrected chi connectivity index (χ2v) is 7.35. The molecule has 0 radical (unpaired) electrons. The number of benzene rings is 2. The molecule has 0 spiro atoms. The minimum absolute atomic E-state index is 0.708. The van der Waals surface area contributed by atoms with Crippen LogP contribution in [-0.2, 0) is 0 Å². The molecule has 0 amide bonds. The van der Waals surface area contributed by atoms with E-state index in [9.17, 15) is 0 Å². The fraction of sp³-hybridized carbons (Fsp3) is 0.292. The van der Waals surface area contributed by atoms with Crippen LogP contribution in [-0.4, -0.2) is 39.9 Å². The normalized spacial score (nSPS) is 10.9. The average Bonchev–Trinajstić information content (AvgIpc) is 3.24. The SMILES string of the molecule is CCCN(CCC)c1nc(Nc2cccc(OC)c2)c2cnn(-c3ccccc3)c2n1. The number of fused-ring (bicyclic) bond motifs is 1. The van der Waals surface area contributed by atoms with Gasteiger partial charge in [0.05, 0.1) is 24.4 Å². The quantitative estimate of drug-likeness (QED) is 0.405. The highest BCUT2D eigenvalue weighted by Gasteiger charge is 2.17. The van der Waals surface area contributed by atoms with Crippen molar-refractivity contribution < 1.29 is 4.74 Å². The summed E-state index contributed by atoms with van der Waals surface area (Å²) in [4.78, 5) is 12.1. The molecule has 31 heavy (non-hydrogen) atoms. The molecule has 4 rings (SSSR count). The molecule has 0 fully saturated rings. The molecule has 7 nitrogen and oxygen atoms in total. The van der Waals surface area contributed by atoms with E-state index in [0.29, 0.717) is 5.95 Å². The minimum Gasteiger partial charge on any atom is -0.497 e. The number of ether oxygens (including phenoxy) is 1. The van der Waals surface area contributed by atoms with E-state index < -0.39 is 0 Å². The highest BCUT2D eigenvalue weighted by atomic mass is 16.5. The topological polar surface area (TPSA) is 68.1 Å². The van der Waals surface area contributed by atoms with Crippen LogP contribution < -0.4 is 15.0 Å². The number of anilines is 3. The maximum atomic E-state index is 5.37. The molecule has 0 aliphatic heterocycles. The molecule has 0 atom stereocenters. The van der Waals surface area contributed by atoms with Crippen molar-refractivity contribution in [1.29, 1.82) is 0 Å². The lowest BCUT2D eigenvalue weighted by Crippen LogP contribution is -2.27. The number of aromatic nitrogens is 4. The summed E-state index contributed by atoms with van der Waals surface area (Å²) in [7, 11) is 1.66. The number of hydrogen-bond donors (Lipinski definition) is 1. The van der Waals surface area contributed by atoms with Gasteiger partial charge in [0.15, 0.2) is 5.65 Å². The van der Waals surface area contributed by atoms with E-state index in [-0.39, 0.29) is 0 Å². The van der Waals surface area contributed by atoms with Crippen molar-refractivity contribution >= 4 is 28.5 Å². The molecule has 2 aromatic heterocycles. The van der Waals surface area contributed by atoms with Gasteiger partial charge in [-0.3, -0.25) is 0 Å². The van der Waals surface area contributed by atoms with Gasteiger partial charge in [0.1, 0.15) is 11.6 Å². The summed E-state index contributed by atoms with van der Waals surface area (Å²) < 4.78 is 7.24. The van der Waals surface area contributed by atoms with E-state index >= 15 is 0 Å². The zero-order chi connectivity index (χ0) is 21.6. The van der Waals surface area contributed by atoms with Crippen LogP contribution in [0, 0.1) is 0 Å². The molecule has 0 aliphatic carbocycles. The summed E-state index contributed by atoms with van der Waals surface area (Å²) >= 11 is 0. The van der Waals surface area contributed by atoms with Gasteiger partial charge in [-0.05, 0) is 37.1 Å². The van der Waals surface area contributed by atoms with Gasteiger partial charge in [0.2, 0.25) is 5.95 Å². The minimum atomic E-state index is 0.708. The molecule has 1 N–H and O–H groups in total. The first-order valence-electron chi connectivity index (χ1n) is 10.7. The average molecular weight is 417 g/mol. The molecule has 0 saturated carbocycles. The van der Waals surface area contributed by atoms with Gasteiger partial charge in [-0.1, -0.05) is 38.1 Å². The molecule has 4 aromatic rings. The van der Waals surface area contributed by atoms with E-state index in [0.717, 1.165) is 59.9 Å². The van der Waals surface area contributed by atoms with Crippen LogP contribution in [0.15, 0.2) is 60.8 Å². The van der Waals surface area contributed by atoms with E-state index in [1.54, 1.807) is 7.11 Å². The lowest BCUT2D eigenvalue weighted by molar-refractivity contribution is 0.415. The lowest BCUT2D eigenvalue weighted by atomic mass is 10.3. The third kappa shape index (κ3) is 4.45. The molecule has 160 valence electrons. The Morgan fingerprint density at radius 2 is 1.74 bits per heavy atom. The highest BCUT2D eigenvalue weighted by molar-refractivity contribution is 5.90. The van der Waals surface area contributed by atoms with Gasteiger partial charge in [-0.25, -0.2) is 4.68 Å². The Bertz CT molecular complexity index is 1140. The number of methoxy groups -OCH3 is 1. The Labute approximate surface area is 182 Å². The van der Waals surface area contributed by atoms with Crippen LogP contribution in [0.1, 0.15) is 26.7 Å². The predicted octanol–water partition coefficient (Wildman–Crippen LogP) is 5.19. The maximum absolute atomic E-state index is 5.37. The van der Waals surface area contributed by atoms with Crippen molar-refractivity contribution in [1.82, 2.24) is 19.7 Å². The number of nitrogens with zero attached hydrogens (tertiary/aromatic N) is 5. The van der Waals surface area contributed by atoms with Crippen molar-refractivity contribution in [3.05, 3.63) is 60.8 Å². The lowest BCUT2D eigenvalue weighted by Gasteiger charge is -2.22. The van der Waals surface area contributed by atoms with Gasteiger partial charge in [-0.15, -0.1) is 0 Å². The first kappa shape index (κ1) is 20.7. The summed E-state index contributed by atoms with van der Waals surface area (Å²) in [5.74, 6) is 2.22. The summed E-state index contributed by atoms with van der Waals surface area (Å²) in [5.41, 5.74) is 2.64. The van der Waals surface area contributed by atoms with Crippen LogP contribution in [0.25, 0.3) is 16.7 Å². The molecule has 0 unspecified atom stereocenters. The van der Waals surface area contributed by atoms with Crippen molar-refractivity contribution in [2.75, 3.05) is 30.4 Å². The van der Waals surface area contributed by atoms with Crippen molar-refractivity contribution in [3.8, 4) is 11.4 Å². The molecule has 0 aliphatic rings. The van der Waals surface area contributed by atoms with Gasteiger partial charge in [0.25, 0.3) is 0 Å². The zero-order valence-electron chi connectivity index (χ0n) is 18.2. The van der Waals surface area contributed by atoms with Crippen LogP contribution in [0.5, 0.6) is 5.75 Å². The summed E-state index contributed by atoms with van der Waals surface area (Å²) in [6.45, 7) is 6.14. The Morgan fingerprint density at radius 3 is 2.45 bits per heavy atom. The van der Waals surface area contributed by atoms with Crippen molar-refractivity contribution in [3.63, 3.8) is 0 Å². The standard InChI is InChI=1S/C24H28N6O/c1-4-14-29(15-5-2)24-27-22(26-18-10-9-13-20(16-18)31-3)21-17-25-30(23(21)28-24)19-11-7-6-8-12-19/h6-13,16-17H,4-5,14-15H2,1-3H3,(H,26,27,28). The van der Waals surface area contributed by atoms with Gasteiger partial charge < -0.3 is 15.0 Å². The third-order valence-electron chi connectivity index (χ3n) is 5.02. The molecule has 2 aromatic carbocycles. The number of rotatable bonds is 9. The fourth-order valence-electron chi connectivity index (χ4n) is 3.58. The van der Waals surface area contributed by atoms with Crippen molar-refractivity contribution in [2.24, 2.45) is 0 Å². The first-order valence-corrected chi connectivity index (χ1v) is 10.7. The van der Waals surface area contributed by atoms with Crippen LogP contribution >= 0.6 is 0 Å². The van der Waals surface area contributed by atoms with Crippen LogP contribution in [0.4, 0.5) is 17.5 Å². The molecule has 7 heteroatoms. The summed E-state index contributed by atoms with van der Waals surface area (Å²) in [6.07, 6.45) is 3.87. The Balaban J connectivity index is 1.85. The van der Waals surface area contributed by atoms with Crippen molar-refractivity contribution in [2.45, 2.75) is 26.7 Å². The Morgan fingerprint density at radius 1 is 0.968 bits per heavy atom. The summed E-state index contributed by atoms with van der Waals surface area (Å²) in [5, 5.41) is 8.94. The highest BCUT2D eigenvalue weighted by Crippen LogP contribution is 2.29. The Hall–Kier alpha value is -3.61. The van der Waals surface area contributed by atoms with Gasteiger partial charge >= 0.3 is 0 Å². The molecular weight excluding hydrogens is 388 g/mol. The summed E-state index contributed by atoms with van der Waals surface area (Å²) in [6, 6.07) is 17.9.